The van der Waals surface area contributed by atoms with Gasteiger partial charge in [0.05, 0.1) is 0 Å². The van der Waals surface area contributed by atoms with E-state index in [2.05, 4.69) is 38.4 Å². The number of nitrogens with zero attached hydrogens (tertiary/aromatic N) is 2. The monoisotopic (exact) mass is 303 g/mol. The molecule has 16 heavy (non-hydrogen) atoms. The smallest absolute Gasteiger partial charge is 0.206 e. The van der Waals surface area contributed by atoms with Gasteiger partial charge in [-0.3, -0.25) is 0 Å². The first-order valence-electron chi connectivity index (χ1n) is 6.03. The zero-order valence-electron chi connectivity index (χ0n) is 9.58. The Morgan fingerprint density at radius 2 is 2.06 bits per heavy atom. The number of anilines is 1. The predicted molar refractivity (Wildman–Crippen MR) is 71.9 cm³/mol. The molecule has 1 aliphatic rings. The van der Waals surface area contributed by atoms with Crippen molar-refractivity contribution in [1.29, 1.82) is 0 Å². The average Bonchev–Trinajstić information content (AvgIpc) is 2.67. The first-order valence-corrected chi connectivity index (χ1v) is 7.64. The molecular weight excluding hydrogens is 286 g/mol. The Morgan fingerprint density at radius 1 is 1.31 bits per heavy atom. The average molecular weight is 304 g/mol. The normalized spacial score (nSPS) is 25.6. The Morgan fingerprint density at radius 3 is 2.62 bits per heavy atom. The molecule has 1 aromatic rings. The number of hydrogen-bond acceptors (Lipinski definition) is 4. The summed E-state index contributed by atoms with van der Waals surface area (Å²) in [6.07, 6.45) is 8.02. The molecule has 0 saturated heterocycles. The summed E-state index contributed by atoms with van der Waals surface area (Å²) in [5.74, 6) is 0.962. The standard InChI is InChI=1S/C11H18BrN3S/c1-2-3-8-4-6-9(7-5-8)13-11-15-14-10(12)16-11/h8-9H,2-7H2,1H3,(H,13,15). The Labute approximate surface area is 109 Å². The lowest BCUT2D eigenvalue weighted by Crippen LogP contribution is -2.25. The zero-order chi connectivity index (χ0) is 11.4. The Balaban J connectivity index is 1.77. The summed E-state index contributed by atoms with van der Waals surface area (Å²) in [5, 5.41) is 12.5. The van der Waals surface area contributed by atoms with Gasteiger partial charge in [0.2, 0.25) is 5.13 Å². The number of rotatable bonds is 4. The highest BCUT2D eigenvalue weighted by Gasteiger charge is 2.21. The number of halogens is 1. The molecule has 1 N–H and O–H groups in total. The summed E-state index contributed by atoms with van der Waals surface area (Å²) in [7, 11) is 0. The second-order valence-electron chi connectivity index (χ2n) is 4.51. The van der Waals surface area contributed by atoms with Gasteiger partial charge in [-0.25, -0.2) is 0 Å². The van der Waals surface area contributed by atoms with Gasteiger partial charge in [-0.05, 0) is 47.5 Å². The lowest BCUT2D eigenvalue weighted by atomic mass is 9.83. The van der Waals surface area contributed by atoms with E-state index in [0.29, 0.717) is 6.04 Å². The Hall–Kier alpha value is -0.160. The van der Waals surface area contributed by atoms with E-state index in [9.17, 15) is 0 Å². The van der Waals surface area contributed by atoms with Crippen LogP contribution in [0, 0.1) is 5.92 Å². The van der Waals surface area contributed by atoms with Crippen molar-refractivity contribution in [3.63, 3.8) is 0 Å². The zero-order valence-corrected chi connectivity index (χ0v) is 12.0. The van der Waals surface area contributed by atoms with Crippen LogP contribution in [0.5, 0.6) is 0 Å². The van der Waals surface area contributed by atoms with Gasteiger partial charge in [-0.15, -0.1) is 10.2 Å². The highest BCUT2D eigenvalue weighted by Crippen LogP contribution is 2.30. The van der Waals surface area contributed by atoms with Crippen molar-refractivity contribution in [2.24, 2.45) is 5.92 Å². The second-order valence-corrected chi connectivity index (χ2v) is 6.76. The molecule has 1 aromatic heterocycles. The van der Waals surface area contributed by atoms with Crippen LogP contribution in [0.1, 0.15) is 45.4 Å². The molecule has 0 bridgehead atoms. The summed E-state index contributed by atoms with van der Waals surface area (Å²) >= 11 is 4.91. The molecule has 0 unspecified atom stereocenters. The van der Waals surface area contributed by atoms with E-state index >= 15 is 0 Å². The molecule has 1 heterocycles. The molecule has 1 aliphatic carbocycles. The molecule has 1 saturated carbocycles. The summed E-state index contributed by atoms with van der Waals surface area (Å²) in [6.45, 7) is 2.28. The number of nitrogens with one attached hydrogen (secondary N) is 1. The van der Waals surface area contributed by atoms with E-state index in [-0.39, 0.29) is 0 Å². The van der Waals surface area contributed by atoms with Crippen LogP contribution in [0.4, 0.5) is 5.13 Å². The topological polar surface area (TPSA) is 37.8 Å². The summed E-state index contributed by atoms with van der Waals surface area (Å²) in [6, 6.07) is 0.605. The second kappa shape index (κ2) is 5.96. The molecule has 0 spiro atoms. The van der Waals surface area contributed by atoms with Crippen LogP contribution in [-0.4, -0.2) is 16.2 Å². The van der Waals surface area contributed by atoms with Crippen molar-refractivity contribution in [2.45, 2.75) is 51.5 Å². The summed E-state index contributed by atoms with van der Waals surface area (Å²) < 4.78 is 0.856. The molecule has 1 fully saturated rings. The Bertz CT molecular complexity index is 321. The van der Waals surface area contributed by atoms with Gasteiger partial charge >= 0.3 is 0 Å². The molecular formula is C11H18BrN3S. The largest absolute Gasteiger partial charge is 0.357 e. The maximum Gasteiger partial charge on any atom is 0.206 e. The fourth-order valence-corrected chi connectivity index (χ4v) is 3.53. The third-order valence-electron chi connectivity index (χ3n) is 3.27. The van der Waals surface area contributed by atoms with Crippen molar-refractivity contribution in [1.82, 2.24) is 10.2 Å². The van der Waals surface area contributed by atoms with Gasteiger partial charge < -0.3 is 5.32 Å². The first kappa shape index (κ1) is 12.3. The lowest BCUT2D eigenvalue weighted by molar-refractivity contribution is 0.319. The highest BCUT2D eigenvalue weighted by atomic mass is 79.9. The minimum absolute atomic E-state index is 0.605. The van der Waals surface area contributed by atoms with E-state index in [4.69, 9.17) is 0 Å². The van der Waals surface area contributed by atoms with Crippen molar-refractivity contribution < 1.29 is 0 Å². The van der Waals surface area contributed by atoms with E-state index in [0.717, 1.165) is 15.0 Å². The van der Waals surface area contributed by atoms with Crippen molar-refractivity contribution in [2.75, 3.05) is 5.32 Å². The maximum atomic E-state index is 4.08. The highest BCUT2D eigenvalue weighted by molar-refractivity contribution is 9.11. The van der Waals surface area contributed by atoms with Crippen LogP contribution in [0.3, 0.4) is 0 Å². The van der Waals surface area contributed by atoms with Crippen LogP contribution in [0.25, 0.3) is 0 Å². The molecule has 0 radical (unpaired) electrons. The quantitative estimate of drug-likeness (QED) is 0.911. The van der Waals surface area contributed by atoms with Crippen molar-refractivity contribution >= 4 is 32.4 Å². The van der Waals surface area contributed by atoms with E-state index < -0.39 is 0 Å². The molecule has 0 aromatic carbocycles. The third kappa shape index (κ3) is 3.42. The maximum absolute atomic E-state index is 4.08. The van der Waals surface area contributed by atoms with Crippen LogP contribution < -0.4 is 5.32 Å². The summed E-state index contributed by atoms with van der Waals surface area (Å²) in [5.41, 5.74) is 0. The van der Waals surface area contributed by atoms with E-state index in [1.165, 1.54) is 38.5 Å². The van der Waals surface area contributed by atoms with Crippen LogP contribution in [0.2, 0.25) is 0 Å². The minimum atomic E-state index is 0.605. The molecule has 0 atom stereocenters. The predicted octanol–water partition coefficient (Wildman–Crippen LogP) is 4.07. The van der Waals surface area contributed by atoms with Gasteiger partial charge in [0.15, 0.2) is 3.92 Å². The van der Waals surface area contributed by atoms with Gasteiger partial charge in [0.25, 0.3) is 0 Å². The first-order chi connectivity index (χ1) is 7.78. The van der Waals surface area contributed by atoms with Crippen LogP contribution in [-0.2, 0) is 0 Å². The van der Waals surface area contributed by atoms with Gasteiger partial charge in [-0.2, -0.15) is 0 Å². The van der Waals surface area contributed by atoms with E-state index in [1.807, 2.05) is 0 Å². The van der Waals surface area contributed by atoms with Crippen LogP contribution >= 0.6 is 27.3 Å². The van der Waals surface area contributed by atoms with Crippen molar-refractivity contribution in [3.8, 4) is 0 Å². The SMILES string of the molecule is CCCC1CCC(Nc2nnc(Br)s2)CC1. The Kier molecular flexibility index (Phi) is 4.58. The fraction of sp³-hybridized carbons (Fsp3) is 0.818. The van der Waals surface area contributed by atoms with E-state index in [1.54, 1.807) is 11.3 Å². The van der Waals surface area contributed by atoms with Gasteiger partial charge in [-0.1, -0.05) is 31.1 Å². The molecule has 0 aliphatic heterocycles. The lowest BCUT2D eigenvalue weighted by Gasteiger charge is -2.28. The van der Waals surface area contributed by atoms with Gasteiger partial charge in [0, 0.05) is 6.04 Å². The summed E-state index contributed by atoms with van der Waals surface area (Å²) in [4.78, 5) is 0. The molecule has 2 rings (SSSR count). The molecule has 0 amide bonds. The molecule has 3 nitrogen and oxygen atoms in total. The third-order valence-corrected chi connectivity index (χ3v) is 4.56. The molecule has 5 heteroatoms. The minimum Gasteiger partial charge on any atom is -0.357 e. The fourth-order valence-electron chi connectivity index (χ4n) is 2.44. The van der Waals surface area contributed by atoms with Crippen molar-refractivity contribution in [3.05, 3.63) is 3.92 Å². The van der Waals surface area contributed by atoms with Gasteiger partial charge in [0.1, 0.15) is 0 Å². The molecule has 90 valence electrons. The number of hydrogen-bond donors (Lipinski definition) is 1. The number of aromatic nitrogens is 2. The van der Waals surface area contributed by atoms with Crippen LogP contribution in [0.15, 0.2) is 3.92 Å².